The third-order valence-electron chi connectivity index (χ3n) is 2.64. The number of nitrogens with one attached hydrogen (secondary N) is 1. The first kappa shape index (κ1) is 8.48. The third-order valence-corrected chi connectivity index (χ3v) is 2.64. The first-order chi connectivity index (χ1) is 6.29. The fourth-order valence-electron chi connectivity index (χ4n) is 1.95. The van der Waals surface area contributed by atoms with E-state index in [4.69, 9.17) is 0 Å². The molecule has 0 fully saturated rings. The molecule has 0 amide bonds. The average Bonchev–Trinajstić information content (AvgIpc) is 2.36. The normalized spacial score (nSPS) is 16.4. The second-order valence-electron chi connectivity index (χ2n) is 3.65. The Labute approximate surface area is 77.5 Å². The summed E-state index contributed by atoms with van der Waals surface area (Å²) in [6, 6.07) is 0. The van der Waals surface area contributed by atoms with E-state index in [0.717, 1.165) is 12.8 Å². The van der Waals surface area contributed by atoms with Crippen molar-refractivity contribution in [3.8, 4) is 0 Å². The number of Topliss-reactive ketones (excluding diaryl/α,β-unsaturated/α-hetero) is 1. The second kappa shape index (κ2) is 3.32. The lowest BCUT2D eigenvalue weighted by atomic mass is 10.1. The molecule has 3 heteroatoms. The van der Waals surface area contributed by atoms with Gasteiger partial charge in [0.2, 0.25) is 0 Å². The van der Waals surface area contributed by atoms with Crippen molar-refractivity contribution in [3.05, 3.63) is 17.0 Å². The molecule has 3 nitrogen and oxygen atoms in total. The molecule has 1 aliphatic carbocycles. The summed E-state index contributed by atoms with van der Waals surface area (Å²) in [6.07, 6.45) is 5.73. The van der Waals surface area contributed by atoms with Crippen LogP contribution in [-0.2, 0) is 12.8 Å². The molecule has 0 atom stereocenters. The lowest BCUT2D eigenvalue weighted by molar-refractivity contribution is 0.101. The van der Waals surface area contributed by atoms with E-state index >= 15 is 0 Å². The van der Waals surface area contributed by atoms with Gasteiger partial charge in [-0.15, -0.1) is 0 Å². The van der Waals surface area contributed by atoms with Crippen LogP contribution in [0.4, 0.5) is 0 Å². The van der Waals surface area contributed by atoms with Gasteiger partial charge in [-0.25, -0.2) is 0 Å². The summed E-state index contributed by atoms with van der Waals surface area (Å²) in [4.78, 5) is 11.2. The van der Waals surface area contributed by atoms with Crippen LogP contribution in [0.5, 0.6) is 0 Å². The molecule has 70 valence electrons. The highest BCUT2D eigenvalue weighted by atomic mass is 16.1. The van der Waals surface area contributed by atoms with Gasteiger partial charge in [0.1, 0.15) is 5.69 Å². The van der Waals surface area contributed by atoms with Crippen LogP contribution in [0.25, 0.3) is 0 Å². The summed E-state index contributed by atoms with van der Waals surface area (Å²) >= 11 is 0. The SMILES string of the molecule is CC(=O)c1n[nH]c2c1CCCCC2. The van der Waals surface area contributed by atoms with Crippen LogP contribution in [0.15, 0.2) is 0 Å². The highest BCUT2D eigenvalue weighted by Crippen LogP contribution is 2.21. The van der Waals surface area contributed by atoms with Crippen LogP contribution in [0.2, 0.25) is 0 Å². The van der Waals surface area contributed by atoms with Gasteiger partial charge in [0.05, 0.1) is 0 Å². The van der Waals surface area contributed by atoms with Crippen LogP contribution in [0.3, 0.4) is 0 Å². The maximum absolute atomic E-state index is 11.2. The summed E-state index contributed by atoms with van der Waals surface area (Å²) in [5.74, 6) is 0.0828. The minimum atomic E-state index is 0.0828. The smallest absolute Gasteiger partial charge is 0.180 e. The number of H-pyrrole nitrogens is 1. The molecule has 1 aromatic rings. The number of hydrogen-bond acceptors (Lipinski definition) is 2. The Morgan fingerprint density at radius 2 is 2.08 bits per heavy atom. The van der Waals surface area contributed by atoms with Crippen LogP contribution in [-0.4, -0.2) is 16.0 Å². The van der Waals surface area contributed by atoms with Gasteiger partial charge in [0, 0.05) is 18.2 Å². The second-order valence-corrected chi connectivity index (χ2v) is 3.65. The first-order valence-corrected chi connectivity index (χ1v) is 4.86. The van der Waals surface area contributed by atoms with Crippen LogP contribution in [0, 0.1) is 0 Å². The molecule has 0 saturated heterocycles. The molecule has 0 saturated carbocycles. The number of carbonyl (C=O) groups excluding carboxylic acids is 1. The quantitative estimate of drug-likeness (QED) is 0.527. The molecule has 1 heterocycles. The van der Waals surface area contributed by atoms with E-state index in [-0.39, 0.29) is 5.78 Å². The standard InChI is InChI=1S/C10H14N2O/c1-7(13)10-8-5-3-2-4-6-9(8)11-12-10/h2-6H2,1H3,(H,11,12). The lowest BCUT2D eigenvalue weighted by Gasteiger charge is -1.97. The minimum Gasteiger partial charge on any atom is -0.293 e. The Kier molecular flexibility index (Phi) is 2.17. The van der Waals surface area contributed by atoms with Crippen molar-refractivity contribution in [2.45, 2.75) is 39.0 Å². The van der Waals surface area contributed by atoms with E-state index in [2.05, 4.69) is 10.2 Å². The summed E-state index contributed by atoms with van der Waals surface area (Å²) in [6.45, 7) is 1.58. The number of aryl methyl sites for hydroxylation is 1. The van der Waals surface area contributed by atoms with Crippen molar-refractivity contribution in [1.82, 2.24) is 10.2 Å². The van der Waals surface area contributed by atoms with Crippen molar-refractivity contribution < 1.29 is 4.79 Å². The maximum Gasteiger partial charge on any atom is 0.180 e. The lowest BCUT2D eigenvalue weighted by Crippen LogP contribution is -1.98. The number of aromatic nitrogens is 2. The molecule has 0 radical (unpaired) electrons. The van der Waals surface area contributed by atoms with Gasteiger partial charge in [-0.1, -0.05) is 6.42 Å². The number of hydrogen-bond donors (Lipinski definition) is 1. The average molecular weight is 178 g/mol. The van der Waals surface area contributed by atoms with E-state index in [1.54, 1.807) is 6.92 Å². The molecule has 0 spiro atoms. The van der Waals surface area contributed by atoms with E-state index in [0.29, 0.717) is 5.69 Å². The van der Waals surface area contributed by atoms with Gasteiger partial charge in [-0.3, -0.25) is 9.89 Å². The summed E-state index contributed by atoms with van der Waals surface area (Å²) in [5, 5.41) is 7.04. The Morgan fingerprint density at radius 1 is 1.31 bits per heavy atom. The van der Waals surface area contributed by atoms with Crippen molar-refractivity contribution >= 4 is 5.78 Å². The molecule has 1 aliphatic rings. The third kappa shape index (κ3) is 1.50. The highest BCUT2D eigenvalue weighted by Gasteiger charge is 2.17. The number of fused-ring (bicyclic) bond motifs is 1. The molecule has 1 N–H and O–H groups in total. The van der Waals surface area contributed by atoms with Crippen molar-refractivity contribution in [2.24, 2.45) is 0 Å². The highest BCUT2D eigenvalue weighted by molar-refractivity contribution is 5.93. The van der Waals surface area contributed by atoms with Crippen molar-refractivity contribution in [2.75, 3.05) is 0 Å². The van der Waals surface area contributed by atoms with Crippen molar-refractivity contribution in [3.63, 3.8) is 0 Å². The predicted molar refractivity (Wildman–Crippen MR) is 49.9 cm³/mol. The molecule has 1 aromatic heterocycles. The summed E-state index contributed by atoms with van der Waals surface area (Å²) in [5.41, 5.74) is 3.02. The van der Waals surface area contributed by atoms with Gasteiger partial charge in [-0.2, -0.15) is 5.10 Å². The minimum absolute atomic E-state index is 0.0828. The molecule has 2 rings (SSSR count). The number of rotatable bonds is 1. The molecular weight excluding hydrogens is 164 g/mol. The maximum atomic E-state index is 11.2. The zero-order chi connectivity index (χ0) is 9.26. The zero-order valence-corrected chi connectivity index (χ0v) is 7.89. The van der Waals surface area contributed by atoms with E-state index in [9.17, 15) is 4.79 Å². The fraction of sp³-hybridized carbons (Fsp3) is 0.600. The van der Waals surface area contributed by atoms with Gasteiger partial charge >= 0.3 is 0 Å². The number of carbonyl (C=O) groups is 1. The van der Waals surface area contributed by atoms with Crippen LogP contribution >= 0.6 is 0 Å². The predicted octanol–water partition coefficient (Wildman–Crippen LogP) is 1.88. The molecule has 13 heavy (non-hydrogen) atoms. The van der Waals surface area contributed by atoms with Gasteiger partial charge in [0.25, 0.3) is 0 Å². The molecular formula is C10H14N2O. The topological polar surface area (TPSA) is 45.8 Å². The van der Waals surface area contributed by atoms with Gasteiger partial charge < -0.3 is 0 Å². The number of ketones is 1. The molecule has 0 aromatic carbocycles. The summed E-state index contributed by atoms with van der Waals surface area (Å²) in [7, 11) is 0. The van der Waals surface area contributed by atoms with Gasteiger partial charge in [-0.05, 0) is 25.7 Å². The number of nitrogens with zero attached hydrogens (tertiary/aromatic N) is 1. The van der Waals surface area contributed by atoms with E-state index in [1.807, 2.05) is 0 Å². The van der Waals surface area contributed by atoms with Gasteiger partial charge in [0.15, 0.2) is 5.78 Å². The first-order valence-electron chi connectivity index (χ1n) is 4.86. The largest absolute Gasteiger partial charge is 0.293 e. The Bertz CT molecular complexity index is 328. The molecule has 0 aliphatic heterocycles. The molecule has 0 unspecified atom stereocenters. The monoisotopic (exact) mass is 178 g/mol. The van der Waals surface area contributed by atoms with E-state index in [1.165, 1.54) is 30.5 Å². The summed E-state index contributed by atoms with van der Waals surface area (Å²) < 4.78 is 0. The number of aromatic amines is 1. The Hall–Kier alpha value is -1.12. The molecule has 0 bridgehead atoms. The van der Waals surface area contributed by atoms with Crippen molar-refractivity contribution in [1.29, 1.82) is 0 Å². The zero-order valence-electron chi connectivity index (χ0n) is 7.89. The Morgan fingerprint density at radius 3 is 2.85 bits per heavy atom. The van der Waals surface area contributed by atoms with Crippen LogP contribution in [0.1, 0.15) is 47.9 Å². The fourth-order valence-corrected chi connectivity index (χ4v) is 1.95. The Balaban J connectivity index is 2.39. The van der Waals surface area contributed by atoms with E-state index < -0.39 is 0 Å². The van der Waals surface area contributed by atoms with Crippen LogP contribution < -0.4 is 0 Å².